The van der Waals surface area contributed by atoms with Crippen LogP contribution < -0.4 is 5.32 Å². The highest BCUT2D eigenvalue weighted by molar-refractivity contribution is 9.11. The zero-order valence-corrected chi connectivity index (χ0v) is 13.1. The van der Waals surface area contributed by atoms with Gasteiger partial charge in [-0.25, -0.2) is 0 Å². The fourth-order valence-corrected chi connectivity index (χ4v) is 3.17. The molecule has 0 spiro atoms. The predicted molar refractivity (Wildman–Crippen MR) is 78.9 cm³/mol. The molecule has 1 heterocycles. The number of rotatable bonds is 9. The minimum atomic E-state index is 0.783. The van der Waals surface area contributed by atoms with Gasteiger partial charge in [0.1, 0.15) is 0 Å². The number of hydrogen-bond acceptors (Lipinski definition) is 3. The van der Waals surface area contributed by atoms with Crippen LogP contribution in [-0.2, 0) is 11.2 Å². The van der Waals surface area contributed by atoms with Gasteiger partial charge in [0.2, 0.25) is 0 Å². The molecule has 0 amide bonds. The van der Waals surface area contributed by atoms with Gasteiger partial charge in [-0.3, -0.25) is 0 Å². The van der Waals surface area contributed by atoms with Crippen LogP contribution in [0.2, 0.25) is 0 Å². The molecule has 2 nitrogen and oxygen atoms in total. The van der Waals surface area contributed by atoms with Crippen LogP contribution in [0.4, 0.5) is 0 Å². The number of ether oxygens (including phenoxy) is 1. The summed E-state index contributed by atoms with van der Waals surface area (Å²) < 4.78 is 6.23. The molecule has 0 radical (unpaired) electrons. The fraction of sp³-hybridized carbons (Fsp3) is 0.692. The van der Waals surface area contributed by atoms with Crippen molar-refractivity contribution >= 4 is 27.3 Å². The van der Waals surface area contributed by atoms with Crippen LogP contribution in [0.15, 0.2) is 15.9 Å². The molecule has 0 saturated carbocycles. The molecular formula is C13H22BrNOS. The van der Waals surface area contributed by atoms with E-state index >= 15 is 0 Å². The molecule has 98 valence electrons. The van der Waals surface area contributed by atoms with E-state index in [1.807, 2.05) is 11.3 Å². The van der Waals surface area contributed by atoms with Crippen LogP contribution in [0.5, 0.6) is 0 Å². The van der Waals surface area contributed by atoms with E-state index in [2.05, 4.69) is 40.3 Å². The smallest absolute Gasteiger partial charge is 0.0701 e. The van der Waals surface area contributed by atoms with Crippen molar-refractivity contribution < 1.29 is 4.74 Å². The SMILES string of the molecule is COCCNCCC(C)CCc1ccc(Br)s1. The molecule has 1 unspecified atom stereocenters. The molecule has 1 atom stereocenters. The third-order valence-electron chi connectivity index (χ3n) is 2.81. The van der Waals surface area contributed by atoms with Gasteiger partial charge in [-0.1, -0.05) is 6.92 Å². The summed E-state index contributed by atoms with van der Waals surface area (Å²) in [5.41, 5.74) is 0. The first-order chi connectivity index (χ1) is 8.22. The van der Waals surface area contributed by atoms with Crippen LogP contribution >= 0.6 is 27.3 Å². The number of nitrogens with one attached hydrogen (secondary N) is 1. The quantitative estimate of drug-likeness (QED) is 0.701. The van der Waals surface area contributed by atoms with Crippen molar-refractivity contribution in [2.75, 3.05) is 26.8 Å². The van der Waals surface area contributed by atoms with E-state index in [4.69, 9.17) is 4.74 Å². The molecule has 0 aromatic carbocycles. The van der Waals surface area contributed by atoms with Crippen molar-refractivity contribution in [1.29, 1.82) is 0 Å². The van der Waals surface area contributed by atoms with Gasteiger partial charge in [0, 0.05) is 18.5 Å². The average molecular weight is 320 g/mol. The summed E-state index contributed by atoms with van der Waals surface area (Å²) in [4.78, 5) is 1.48. The number of halogens is 1. The summed E-state index contributed by atoms with van der Waals surface area (Å²) >= 11 is 5.35. The normalized spacial score (nSPS) is 12.9. The Balaban J connectivity index is 2.03. The maximum atomic E-state index is 4.99. The lowest BCUT2D eigenvalue weighted by Crippen LogP contribution is -2.21. The van der Waals surface area contributed by atoms with Gasteiger partial charge in [-0.05, 0) is 59.8 Å². The summed E-state index contributed by atoms with van der Waals surface area (Å²) in [6.07, 6.45) is 3.73. The maximum Gasteiger partial charge on any atom is 0.0701 e. The van der Waals surface area contributed by atoms with E-state index < -0.39 is 0 Å². The molecule has 17 heavy (non-hydrogen) atoms. The molecule has 1 N–H and O–H groups in total. The van der Waals surface area contributed by atoms with Gasteiger partial charge in [0.25, 0.3) is 0 Å². The van der Waals surface area contributed by atoms with E-state index in [1.54, 1.807) is 7.11 Å². The van der Waals surface area contributed by atoms with E-state index in [1.165, 1.54) is 27.9 Å². The Morgan fingerprint density at radius 1 is 1.35 bits per heavy atom. The van der Waals surface area contributed by atoms with Gasteiger partial charge < -0.3 is 10.1 Å². The van der Waals surface area contributed by atoms with E-state index in [-0.39, 0.29) is 0 Å². The topological polar surface area (TPSA) is 21.3 Å². The molecule has 0 aliphatic rings. The number of hydrogen-bond donors (Lipinski definition) is 1. The minimum Gasteiger partial charge on any atom is -0.383 e. The molecule has 1 aromatic rings. The molecular weight excluding hydrogens is 298 g/mol. The summed E-state index contributed by atoms with van der Waals surface area (Å²) in [7, 11) is 1.74. The molecule has 1 rings (SSSR count). The second kappa shape index (κ2) is 9.09. The second-order valence-corrected chi connectivity index (χ2v) is 6.93. The molecule has 0 aliphatic carbocycles. The van der Waals surface area contributed by atoms with Crippen LogP contribution in [0, 0.1) is 5.92 Å². The lowest BCUT2D eigenvalue weighted by atomic mass is 10.0. The Morgan fingerprint density at radius 3 is 2.82 bits per heavy atom. The van der Waals surface area contributed by atoms with Crippen molar-refractivity contribution in [2.24, 2.45) is 5.92 Å². The second-order valence-electron chi connectivity index (χ2n) is 4.38. The van der Waals surface area contributed by atoms with Gasteiger partial charge in [0.15, 0.2) is 0 Å². The van der Waals surface area contributed by atoms with Crippen LogP contribution in [0.3, 0.4) is 0 Å². The molecule has 4 heteroatoms. The molecule has 0 bridgehead atoms. The van der Waals surface area contributed by atoms with Gasteiger partial charge in [-0.15, -0.1) is 11.3 Å². The Kier molecular flexibility index (Phi) is 8.10. The highest BCUT2D eigenvalue weighted by Crippen LogP contribution is 2.24. The van der Waals surface area contributed by atoms with Crippen LogP contribution in [0.1, 0.15) is 24.6 Å². The fourth-order valence-electron chi connectivity index (χ4n) is 1.67. The van der Waals surface area contributed by atoms with Crippen molar-refractivity contribution in [3.63, 3.8) is 0 Å². The van der Waals surface area contributed by atoms with Crippen LogP contribution in [0.25, 0.3) is 0 Å². The summed E-state index contributed by atoms with van der Waals surface area (Å²) in [6, 6.07) is 4.36. The molecule has 1 aromatic heterocycles. The highest BCUT2D eigenvalue weighted by atomic mass is 79.9. The van der Waals surface area contributed by atoms with Crippen LogP contribution in [-0.4, -0.2) is 26.8 Å². The molecule has 0 fully saturated rings. The summed E-state index contributed by atoms with van der Waals surface area (Å²) in [6.45, 7) is 5.19. The third-order valence-corrected chi connectivity index (χ3v) is 4.49. The monoisotopic (exact) mass is 319 g/mol. The Labute approximate surface area is 117 Å². The van der Waals surface area contributed by atoms with E-state index in [0.717, 1.165) is 25.6 Å². The largest absolute Gasteiger partial charge is 0.383 e. The van der Waals surface area contributed by atoms with Crippen molar-refractivity contribution in [1.82, 2.24) is 5.32 Å². The zero-order chi connectivity index (χ0) is 12.5. The standard InChI is InChI=1S/C13H22BrNOS/c1-11(7-8-15-9-10-16-2)3-4-12-5-6-13(14)17-12/h5-6,11,15H,3-4,7-10H2,1-2H3. The van der Waals surface area contributed by atoms with Crippen molar-refractivity contribution in [3.8, 4) is 0 Å². The number of thiophene rings is 1. The lowest BCUT2D eigenvalue weighted by Gasteiger charge is -2.11. The Morgan fingerprint density at radius 2 is 2.18 bits per heavy atom. The van der Waals surface area contributed by atoms with Crippen molar-refractivity contribution in [2.45, 2.75) is 26.2 Å². The minimum absolute atomic E-state index is 0.783. The molecule has 0 saturated heterocycles. The van der Waals surface area contributed by atoms with E-state index in [0.29, 0.717) is 0 Å². The number of aryl methyl sites for hydroxylation is 1. The lowest BCUT2D eigenvalue weighted by molar-refractivity contribution is 0.199. The predicted octanol–water partition coefficient (Wildman–Crippen LogP) is 3.71. The van der Waals surface area contributed by atoms with Crippen molar-refractivity contribution in [3.05, 3.63) is 20.8 Å². The van der Waals surface area contributed by atoms with E-state index in [9.17, 15) is 0 Å². The van der Waals surface area contributed by atoms with Gasteiger partial charge >= 0.3 is 0 Å². The Bertz CT molecular complexity index is 303. The Hall–Kier alpha value is 0.1000. The first-order valence-corrected chi connectivity index (χ1v) is 7.77. The first-order valence-electron chi connectivity index (χ1n) is 6.16. The number of methoxy groups -OCH3 is 1. The average Bonchev–Trinajstić information content (AvgIpc) is 2.72. The highest BCUT2D eigenvalue weighted by Gasteiger charge is 2.04. The molecule has 0 aliphatic heterocycles. The van der Waals surface area contributed by atoms with Gasteiger partial charge in [-0.2, -0.15) is 0 Å². The first kappa shape index (κ1) is 15.2. The maximum absolute atomic E-state index is 4.99. The zero-order valence-electron chi connectivity index (χ0n) is 10.7. The third kappa shape index (κ3) is 7.19. The summed E-state index contributed by atoms with van der Waals surface area (Å²) in [5, 5.41) is 3.39. The van der Waals surface area contributed by atoms with Gasteiger partial charge in [0.05, 0.1) is 10.4 Å². The summed E-state index contributed by atoms with van der Waals surface area (Å²) in [5.74, 6) is 0.783.